The third-order valence-corrected chi connectivity index (χ3v) is 14.6. The molecule has 0 aliphatic heterocycles. The third-order valence-electron chi connectivity index (χ3n) is 14.6. The van der Waals surface area contributed by atoms with Crippen molar-refractivity contribution in [2.75, 3.05) is 0 Å². The van der Waals surface area contributed by atoms with E-state index in [1.165, 1.54) is 60.4 Å². The van der Waals surface area contributed by atoms with Gasteiger partial charge in [0.2, 0.25) is 0 Å². The molecule has 6 aliphatic carbocycles. The van der Waals surface area contributed by atoms with Crippen LogP contribution in [0.15, 0.2) is 71.1 Å². The van der Waals surface area contributed by atoms with Crippen LogP contribution in [0, 0.1) is 59.2 Å². The zero-order valence-electron chi connectivity index (χ0n) is 25.8. The maximum atomic E-state index is 6.50. The first-order chi connectivity index (χ1) is 21.3. The Labute approximate surface area is 257 Å². The number of hydrogen-bond donors (Lipinski definition) is 0. The van der Waals surface area contributed by atoms with Gasteiger partial charge in [0.1, 0.15) is 11.2 Å². The molecule has 1 nitrogen and oxygen atoms in total. The molecule has 6 aliphatic rings. The molecule has 222 valence electrons. The van der Waals surface area contributed by atoms with Crippen LogP contribution in [0.3, 0.4) is 0 Å². The number of fused-ring (bicyclic) bond motifs is 9. The quantitative estimate of drug-likeness (QED) is 0.234. The van der Waals surface area contributed by atoms with Crippen molar-refractivity contribution >= 4 is 21.9 Å². The molecule has 43 heavy (non-hydrogen) atoms. The molecule has 0 spiro atoms. The predicted molar refractivity (Wildman–Crippen MR) is 177 cm³/mol. The van der Waals surface area contributed by atoms with Crippen molar-refractivity contribution in [3.05, 3.63) is 72.3 Å². The molecule has 6 saturated carbocycles. The van der Waals surface area contributed by atoms with Crippen molar-refractivity contribution in [1.29, 1.82) is 0 Å². The Bertz CT molecular complexity index is 1620. The number of para-hydroxylation sites is 2. The van der Waals surface area contributed by atoms with Crippen LogP contribution in [0.25, 0.3) is 33.1 Å². The van der Waals surface area contributed by atoms with Crippen LogP contribution >= 0.6 is 0 Å². The van der Waals surface area contributed by atoms with Crippen LogP contribution in [0.4, 0.5) is 0 Å². The van der Waals surface area contributed by atoms with E-state index >= 15 is 0 Å². The summed E-state index contributed by atoms with van der Waals surface area (Å²) < 4.78 is 6.50. The Morgan fingerprint density at radius 1 is 0.488 bits per heavy atom. The fraction of sp³-hybridized carbons (Fsp3) is 0.571. The highest BCUT2D eigenvalue weighted by Crippen LogP contribution is 2.70. The molecular weight excluding hydrogens is 520 g/mol. The van der Waals surface area contributed by atoms with Crippen molar-refractivity contribution < 1.29 is 4.42 Å². The van der Waals surface area contributed by atoms with Gasteiger partial charge in [-0.05, 0) is 134 Å². The summed E-state index contributed by atoms with van der Waals surface area (Å²) in [5.41, 5.74) is 6.27. The summed E-state index contributed by atoms with van der Waals surface area (Å²) in [7, 11) is 0. The zero-order valence-corrected chi connectivity index (χ0v) is 25.8. The molecule has 0 amide bonds. The van der Waals surface area contributed by atoms with Crippen LogP contribution < -0.4 is 0 Å². The summed E-state index contributed by atoms with van der Waals surface area (Å²) in [4.78, 5) is 0. The lowest BCUT2D eigenvalue weighted by Crippen LogP contribution is -2.61. The Hall–Kier alpha value is -2.54. The van der Waals surface area contributed by atoms with Gasteiger partial charge in [-0.25, -0.2) is 0 Å². The van der Waals surface area contributed by atoms with E-state index in [9.17, 15) is 0 Å². The smallest absolute Gasteiger partial charge is 0.143 e. The third kappa shape index (κ3) is 3.82. The van der Waals surface area contributed by atoms with E-state index in [0.717, 1.165) is 76.3 Å². The Balaban J connectivity index is 1.06. The molecule has 8 atom stereocenters. The minimum atomic E-state index is 0.725. The predicted octanol–water partition coefficient (Wildman–Crippen LogP) is 11.7. The van der Waals surface area contributed by atoms with Gasteiger partial charge >= 0.3 is 0 Å². The molecule has 10 rings (SSSR count). The van der Waals surface area contributed by atoms with Crippen LogP contribution in [0.2, 0.25) is 0 Å². The maximum absolute atomic E-state index is 6.50. The fourth-order valence-electron chi connectivity index (χ4n) is 13.4. The lowest BCUT2D eigenvalue weighted by atomic mass is 9.37. The minimum Gasteiger partial charge on any atom is -0.455 e. The van der Waals surface area contributed by atoms with Crippen molar-refractivity contribution in [1.82, 2.24) is 0 Å². The highest BCUT2D eigenvalue weighted by molar-refractivity contribution is 6.09. The standard InChI is InChI=1S/C42H48O/c1-3-14-31-29(12-1)34-18-9-19-35-30-13-2-4-15-32(30)38-24-27(23-37(31)41(38)40(34)35)25-10-7-11-26(22-25)28-17-8-20-36-33-16-5-6-21-39(33)43-42(28)36/h5-8,10-11,16-17,20-22,27,29-32,34-35,37-38,40-41H,1-4,9,12-15,18-19,23-24H2. The van der Waals surface area contributed by atoms with Gasteiger partial charge in [-0.3, -0.25) is 0 Å². The first-order valence-electron chi connectivity index (χ1n) is 18.3. The van der Waals surface area contributed by atoms with E-state index in [1.807, 2.05) is 0 Å². The van der Waals surface area contributed by atoms with Gasteiger partial charge < -0.3 is 4.42 Å². The molecule has 0 radical (unpaired) electrons. The highest BCUT2D eigenvalue weighted by atomic mass is 16.3. The second-order valence-corrected chi connectivity index (χ2v) is 16.0. The Morgan fingerprint density at radius 3 is 1.79 bits per heavy atom. The van der Waals surface area contributed by atoms with Crippen LogP contribution in [0.1, 0.15) is 95.0 Å². The minimum absolute atomic E-state index is 0.725. The molecule has 0 saturated heterocycles. The van der Waals surface area contributed by atoms with Gasteiger partial charge in [-0.15, -0.1) is 0 Å². The Morgan fingerprint density at radius 2 is 1.07 bits per heavy atom. The number of rotatable bonds is 2. The second kappa shape index (κ2) is 9.98. The largest absolute Gasteiger partial charge is 0.455 e. The SMILES string of the molecule is c1cc(-c2cccc3c2oc2ccccc23)cc(C2CC3C4CCCCC4C4CCCC5C6CCCCC6C(C2)C3C45)c1. The molecule has 0 bridgehead atoms. The van der Waals surface area contributed by atoms with Gasteiger partial charge in [0.25, 0.3) is 0 Å². The topological polar surface area (TPSA) is 13.1 Å². The average molecular weight is 569 g/mol. The summed E-state index contributed by atoms with van der Waals surface area (Å²) in [6, 6.07) is 25.1. The highest BCUT2D eigenvalue weighted by Gasteiger charge is 2.62. The molecule has 0 N–H and O–H groups in total. The van der Waals surface area contributed by atoms with Gasteiger partial charge in [0.05, 0.1) is 0 Å². The van der Waals surface area contributed by atoms with Crippen molar-refractivity contribution in [2.24, 2.45) is 59.2 Å². The Kier molecular flexibility index (Phi) is 5.98. The molecule has 1 aromatic heterocycles. The first kappa shape index (κ1) is 25.8. The molecule has 6 fully saturated rings. The normalized spacial score (nSPS) is 40.0. The van der Waals surface area contributed by atoms with E-state index < -0.39 is 0 Å². The summed E-state index contributed by atoms with van der Waals surface area (Å²) in [6.07, 6.45) is 19.9. The molecule has 1 heterocycles. The molecule has 3 aromatic carbocycles. The summed E-state index contributed by atoms with van der Waals surface area (Å²) >= 11 is 0. The number of benzene rings is 3. The first-order valence-corrected chi connectivity index (χ1v) is 18.3. The van der Waals surface area contributed by atoms with Crippen LogP contribution in [-0.2, 0) is 0 Å². The second-order valence-electron chi connectivity index (χ2n) is 16.0. The van der Waals surface area contributed by atoms with Crippen molar-refractivity contribution in [3.63, 3.8) is 0 Å². The average Bonchev–Trinajstić information content (AvgIpc) is 3.47. The van der Waals surface area contributed by atoms with Gasteiger partial charge in [-0.2, -0.15) is 0 Å². The van der Waals surface area contributed by atoms with Crippen molar-refractivity contribution in [2.45, 2.75) is 89.4 Å². The van der Waals surface area contributed by atoms with Gasteiger partial charge in [0.15, 0.2) is 0 Å². The summed E-state index contributed by atoms with van der Waals surface area (Å²) in [5.74, 6) is 11.2. The monoisotopic (exact) mass is 568 g/mol. The van der Waals surface area contributed by atoms with E-state index in [0.29, 0.717) is 0 Å². The maximum Gasteiger partial charge on any atom is 0.143 e. The molecular formula is C42H48O. The molecule has 1 heteroatoms. The van der Waals surface area contributed by atoms with Gasteiger partial charge in [-0.1, -0.05) is 92.8 Å². The lowest BCUT2D eigenvalue weighted by molar-refractivity contribution is -0.189. The van der Waals surface area contributed by atoms with E-state index in [-0.39, 0.29) is 0 Å². The summed E-state index contributed by atoms with van der Waals surface area (Å²) in [6.45, 7) is 0. The van der Waals surface area contributed by atoms with Crippen molar-refractivity contribution in [3.8, 4) is 11.1 Å². The molecule has 4 aromatic rings. The van der Waals surface area contributed by atoms with E-state index in [4.69, 9.17) is 4.42 Å². The number of furan rings is 1. The zero-order chi connectivity index (χ0) is 28.1. The molecule has 8 unspecified atom stereocenters. The van der Waals surface area contributed by atoms with E-state index in [2.05, 4.69) is 66.7 Å². The fourth-order valence-corrected chi connectivity index (χ4v) is 13.4. The van der Waals surface area contributed by atoms with E-state index in [1.54, 1.807) is 50.5 Å². The van der Waals surface area contributed by atoms with Crippen LogP contribution in [0.5, 0.6) is 0 Å². The number of hydrogen-bond acceptors (Lipinski definition) is 1. The van der Waals surface area contributed by atoms with Gasteiger partial charge in [0, 0.05) is 16.3 Å². The van der Waals surface area contributed by atoms with Crippen LogP contribution in [-0.4, -0.2) is 0 Å². The lowest BCUT2D eigenvalue weighted by Gasteiger charge is -2.68. The summed E-state index contributed by atoms with van der Waals surface area (Å²) in [5, 5.41) is 2.47.